The third-order valence-electron chi connectivity index (χ3n) is 5.32. The second-order valence-corrected chi connectivity index (χ2v) is 7.60. The fourth-order valence-corrected chi connectivity index (χ4v) is 3.83. The maximum Gasteiger partial charge on any atom is 0.272 e. The number of aromatic nitrogens is 2. The quantitative estimate of drug-likeness (QED) is 0.826. The largest absolute Gasteiger partial charge is 0.373 e. The van der Waals surface area contributed by atoms with Gasteiger partial charge in [0.05, 0.1) is 11.3 Å². The Hall–Kier alpha value is -2.14. The molecule has 1 aliphatic heterocycles. The Labute approximate surface area is 156 Å². The lowest BCUT2D eigenvalue weighted by atomic mass is 9.84. The zero-order valence-corrected chi connectivity index (χ0v) is 16.2. The fourth-order valence-electron chi connectivity index (χ4n) is 3.83. The number of hydrogen-bond acceptors (Lipinski definition) is 3. The van der Waals surface area contributed by atoms with E-state index in [0.29, 0.717) is 24.7 Å². The summed E-state index contributed by atoms with van der Waals surface area (Å²) >= 11 is 0. The van der Waals surface area contributed by atoms with Crippen molar-refractivity contribution in [1.29, 1.82) is 0 Å². The molecule has 26 heavy (non-hydrogen) atoms. The molecule has 0 aliphatic carbocycles. The van der Waals surface area contributed by atoms with E-state index in [2.05, 4.69) is 31.1 Å². The van der Waals surface area contributed by atoms with Gasteiger partial charge in [-0.25, -0.2) is 0 Å². The Morgan fingerprint density at radius 1 is 1.23 bits per heavy atom. The number of nitrogens with zero attached hydrogens (tertiary/aromatic N) is 3. The normalized spacial score (nSPS) is 16.9. The van der Waals surface area contributed by atoms with Crippen LogP contribution in [0.1, 0.15) is 48.4 Å². The van der Waals surface area contributed by atoms with Crippen molar-refractivity contribution in [3.8, 4) is 0 Å². The summed E-state index contributed by atoms with van der Waals surface area (Å²) in [5.74, 6) is 0.587. The minimum absolute atomic E-state index is 0.0628. The molecule has 1 fully saturated rings. The molecular weight excluding hydrogens is 326 g/mol. The lowest BCUT2D eigenvalue weighted by Gasteiger charge is -2.41. The van der Waals surface area contributed by atoms with Crippen LogP contribution in [0.5, 0.6) is 0 Å². The minimum atomic E-state index is -0.298. The predicted molar refractivity (Wildman–Crippen MR) is 102 cm³/mol. The summed E-state index contributed by atoms with van der Waals surface area (Å²) in [6.45, 7) is 5.70. The Balaban J connectivity index is 1.71. The van der Waals surface area contributed by atoms with Gasteiger partial charge in [0.2, 0.25) is 0 Å². The van der Waals surface area contributed by atoms with E-state index >= 15 is 0 Å². The van der Waals surface area contributed by atoms with E-state index in [-0.39, 0.29) is 11.5 Å². The molecule has 1 amide bonds. The molecule has 3 rings (SSSR count). The number of carbonyl (C=O) groups excluding carboxylic acids is 1. The Bertz CT molecular complexity index is 744. The molecule has 0 saturated carbocycles. The molecule has 5 heteroatoms. The second kappa shape index (κ2) is 7.62. The molecule has 2 aromatic rings. The van der Waals surface area contributed by atoms with Crippen LogP contribution in [0.15, 0.2) is 36.4 Å². The summed E-state index contributed by atoms with van der Waals surface area (Å²) in [7, 11) is 3.62. The van der Waals surface area contributed by atoms with Gasteiger partial charge in [-0.05, 0) is 36.8 Å². The first-order valence-electron chi connectivity index (χ1n) is 9.38. The number of rotatable bonds is 5. The number of likely N-dealkylation sites (tertiary alicyclic amines) is 1. The van der Waals surface area contributed by atoms with Gasteiger partial charge in [0.15, 0.2) is 0 Å². The Morgan fingerprint density at radius 3 is 2.46 bits per heavy atom. The van der Waals surface area contributed by atoms with Crippen molar-refractivity contribution in [2.75, 3.05) is 20.2 Å². The lowest BCUT2D eigenvalue weighted by molar-refractivity contribution is -0.0575. The highest BCUT2D eigenvalue weighted by Crippen LogP contribution is 2.36. The highest BCUT2D eigenvalue weighted by Gasteiger charge is 2.38. The third-order valence-corrected chi connectivity index (χ3v) is 5.32. The molecule has 140 valence electrons. The smallest absolute Gasteiger partial charge is 0.272 e. The van der Waals surface area contributed by atoms with Crippen molar-refractivity contribution in [1.82, 2.24) is 14.7 Å². The van der Waals surface area contributed by atoms with Crippen molar-refractivity contribution in [2.24, 2.45) is 13.0 Å². The van der Waals surface area contributed by atoms with E-state index in [0.717, 1.165) is 25.0 Å². The Kier molecular flexibility index (Phi) is 5.47. The van der Waals surface area contributed by atoms with Crippen LogP contribution in [0, 0.1) is 5.92 Å². The van der Waals surface area contributed by atoms with Crippen LogP contribution in [0.2, 0.25) is 0 Å². The first-order valence-corrected chi connectivity index (χ1v) is 9.38. The molecular formula is C21H29N3O2. The molecule has 0 bridgehead atoms. The maximum atomic E-state index is 13.0. The van der Waals surface area contributed by atoms with Crippen LogP contribution >= 0.6 is 0 Å². The highest BCUT2D eigenvalue weighted by molar-refractivity contribution is 5.92. The monoisotopic (exact) mass is 355 g/mol. The van der Waals surface area contributed by atoms with E-state index in [9.17, 15) is 4.79 Å². The SMILES string of the molecule is COC1(c2ccccc2)CCN(C(=O)c2cc(CC(C)C)nn2C)CC1. The van der Waals surface area contributed by atoms with Gasteiger partial charge in [0.1, 0.15) is 5.69 Å². The van der Waals surface area contributed by atoms with Crippen LogP contribution in [-0.4, -0.2) is 40.8 Å². The van der Waals surface area contributed by atoms with Crippen molar-refractivity contribution < 1.29 is 9.53 Å². The molecule has 0 unspecified atom stereocenters. The van der Waals surface area contributed by atoms with E-state index in [4.69, 9.17) is 4.74 Å². The highest BCUT2D eigenvalue weighted by atomic mass is 16.5. The number of carbonyl (C=O) groups is 1. The summed E-state index contributed by atoms with van der Waals surface area (Å²) in [4.78, 5) is 14.9. The first kappa shape index (κ1) is 18.6. The third kappa shape index (κ3) is 3.68. The lowest BCUT2D eigenvalue weighted by Crippen LogP contribution is -2.46. The number of hydrogen-bond donors (Lipinski definition) is 0. The number of methoxy groups -OCH3 is 1. The zero-order valence-electron chi connectivity index (χ0n) is 16.2. The van der Waals surface area contributed by atoms with Gasteiger partial charge in [0.25, 0.3) is 5.91 Å². The van der Waals surface area contributed by atoms with Crippen LogP contribution in [-0.2, 0) is 23.8 Å². The van der Waals surface area contributed by atoms with Crippen LogP contribution in [0.3, 0.4) is 0 Å². The number of piperidine rings is 1. The van der Waals surface area contributed by atoms with Crippen molar-refractivity contribution >= 4 is 5.91 Å². The molecule has 1 saturated heterocycles. The summed E-state index contributed by atoms with van der Waals surface area (Å²) in [5.41, 5.74) is 2.55. The molecule has 0 spiro atoms. The summed E-state index contributed by atoms with van der Waals surface area (Å²) in [6, 6.07) is 12.3. The van der Waals surface area contributed by atoms with Crippen LogP contribution < -0.4 is 0 Å². The van der Waals surface area contributed by atoms with Crippen molar-refractivity contribution in [2.45, 2.75) is 38.7 Å². The number of amides is 1. The number of benzene rings is 1. The summed E-state index contributed by atoms with van der Waals surface area (Å²) in [5, 5.41) is 4.50. The molecule has 2 heterocycles. The van der Waals surface area contributed by atoms with E-state index in [1.807, 2.05) is 36.2 Å². The van der Waals surface area contributed by atoms with E-state index in [1.54, 1.807) is 11.8 Å². The van der Waals surface area contributed by atoms with Gasteiger partial charge < -0.3 is 9.64 Å². The minimum Gasteiger partial charge on any atom is -0.373 e. The van der Waals surface area contributed by atoms with Gasteiger partial charge >= 0.3 is 0 Å². The molecule has 0 N–H and O–H groups in total. The van der Waals surface area contributed by atoms with Gasteiger partial charge in [-0.15, -0.1) is 0 Å². The predicted octanol–water partition coefficient (Wildman–Crippen LogP) is 3.40. The molecule has 1 aliphatic rings. The number of ether oxygens (including phenoxy) is 1. The van der Waals surface area contributed by atoms with E-state index in [1.165, 1.54) is 5.56 Å². The summed E-state index contributed by atoms with van der Waals surface area (Å²) < 4.78 is 7.63. The summed E-state index contributed by atoms with van der Waals surface area (Å²) in [6.07, 6.45) is 2.49. The molecule has 0 radical (unpaired) electrons. The van der Waals surface area contributed by atoms with Gasteiger partial charge in [-0.2, -0.15) is 5.10 Å². The van der Waals surface area contributed by atoms with Crippen molar-refractivity contribution in [3.05, 3.63) is 53.3 Å². The van der Waals surface area contributed by atoms with E-state index < -0.39 is 0 Å². The molecule has 0 atom stereocenters. The first-order chi connectivity index (χ1) is 12.4. The fraction of sp³-hybridized carbons (Fsp3) is 0.524. The zero-order chi connectivity index (χ0) is 18.7. The van der Waals surface area contributed by atoms with Crippen LogP contribution in [0.25, 0.3) is 0 Å². The number of aryl methyl sites for hydroxylation is 1. The average molecular weight is 355 g/mol. The van der Waals surface area contributed by atoms with Crippen LogP contribution in [0.4, 0.5) is 0 Å². The molecule has 1 aromatic carbocycles. The van der Waals surface area contributed by atoms with Gasteiger partial charge in [-0.1, -0.05) is 44.2 Å². The second-order valence-electron chi connectivity index (χ2n) is 7.60. The topological polar surface area (TPSA) is 47.4 Å². The molecule has 5 nitrogen and oxygen atoms in total. The van der Waals surface area contributed by atoms with Gasteiger partial charge in [0, 0.05) is 27.2 Å². The maximum absolute atomic E-state index is 13.0. The standard InChI is InChI=1S/C21H29N3O2/c1-16(2)14-18-15-19(23(3)22-18)20(25)24-12-10-21(26-4,11-13-24)17-8-6-5-7-9-17/h5-9,15-16H,10-14H2,1-4H3. The van der Waals surface area contributed by atoms with Gasteiger partial charge in [-0.3, -0.25) is 9.48 Å². The Morgan fingerprint density at radius 2 is 1.88 bits per heavy atom. The average Bonchev–Trinajstić information content (AvgIpc) is 3.01. The van der Waals surface area contributed by atoms with Crippen molar-refractivity contribution in [3.63, 3.8) is 0 Å². The molecule has 1 aromatic heterocycles.